The lowest BCUT2D eigenvalue weighted by Gasteiger charge is -2.20. The first kappa shape index (κ1) is 20.4. The Morgan fingerprint density at radius 3 is 2.76 bits per heavy atom. The number of rotatable bonds is 8. The van der Waals surface area contributed by atoms with Crippen LogP contribution in [-0.4, -0.2) is 37.9 Å². The summed E-state index contributed by atoms with van der Waals surface area (Å²) in [5.74, 6) is 0.497. The molecule has 152 valence electrons. The summed E-state index contributed by atoms with van der Waals surface area (Å²) in [4.78, 5) is 15.6. The standard InChI is InChI=1S/C20H20ClFN4OS2/c1-2-25(11-14-9-10-17(21)29-14)18(27)12-28-20-24-23-19(26(20)13-7-8-13)15-5-3-4-6-16(15)22/h3-6,9-10,13H,2,7-8,11-12H2,1H3. The SMILES string of the molecule is CCN(Cc1ccc(Cl)s1)C(=O)CSc1nnc(-c2ccccc2F)n1C1CC1. The number of carbonyl (C=O) groups excluding carboxylic acids is 1. The molecule has 0 saturated heterocycles. The van der Waals surface area contributed by atoms with Gasteiger partial charge in [0.1, 0.15) is 5.82 Å². The number of aromatic nitrogens is 3. The van der Waals surface area contributed by atoms with Crippen LogP contribution < -0.4 is 0 Å². The van der Waals surface area contributed by atoms with E-state index in [0.29, 0.717) is 29.6 Å². The second-order valence-corrected chi connectivity index (χ2v) is 9.53. The van der Waals surface area contributed by atoms with Gasteiger partial charge >= 0.3 is 0 Å². The topological polar surface area (TPSA) is 51.0 Å². The first-order valence-corrected chi connectivity index (χ1v) is 11.6. The van der Waals surface area contributed by atoms with Crippen LogP contribution in [0, 0.1) is 5.82 Å². The van der Waals surface area contributed by atoms with Crippen LogP contribution in [0.5, 0.6) is 0 Å². The van der Waals surface area contributed by atoms with E-state index in [-0.39, 0.29) is 23.5 Å². The summed E-state index contributed by atoms with van der Waals surface area (Å²) in [7, 11) is 0. The molecule has 29 heavy (non-hydrogen) atoms. The summed E-state index contributed by atoms with van der Waals surface area (Å²) >= 11 is 8.83. The van der Waals surface area contributed by atoms with Gasteiger partial charge in [-0.25, -0.2) is 4.39 Å². The molecule has 2 aromatic heterocycles. The van der Waals surface area contributed by atoms with E-state index < -0.39 is 0 Å². The van der Waals surface area contributed by atoms with Gasteiger partial charge in [0.25, 0.3) is 0 Å². The quantitative estimate of drug-likeness (QED) is 0.438. The molecule has 0 spiro atoms. The van der Waals surface area contributed by atoms with Gasteiger partial charge in [-0.05, 0) is 44.0 Å². The van der Waals surface area contributed by atoms with Gasteiger partial charge in [-0.15, -0.1) is 21.5 Å². The third-order valence-electron chi connectivity index (χ3n) is 4.73. The van der Waals surface area contributed by atoms with Crippen molar-refractivity contribution >= 4 is 40.6 Å². The van der Waals surface area contributed by atoms with Crippen molar-refractivity contribution in [2.45, 2.75) is 37.5 Å². The van der Waals surface area contributed by atoms with Crippen LogP contribution in [0.15, 0.2) is 41.6 Å². The number of thiophene rings is 1. The molecule has 9 heteroatoms. The average Bonchev–Trinajstić information content (AvgIpc) is 3.34. The molecule has 0 radical (unpaired) electrons. The average molecular weight is 451 g/mol. The summed E-state index contributed by atoms with van der Waals surface area (Å²) < 4.78 is 17.0. The van der Waals surface area contributed by atoms with Crippen LogP contribution in [0.25, 0.3) is 11.4 Å². The molecule has 3 aromatic rings. The summed E-state index contributed by atoms with van der Waals surface area (Å²) in [6, 6.07) is 10.6. The molecule has 1 saturated carbocycles. The van der Waals surface area contributed by atoms with Crippen LogP contribution in [0.3, 0.4) is 0 Å². The molecule has 0 aliphatic heterocycles. The Labute approximate surface area is 181 Å². The highest BCUT2D eigenvalue weighted by Gasteiger charge is 2.31. The molecule has 0 N–H and O–H groups in total. The second-order valence-electron chi connectivity index (χ2n) is 6.79. The van der Waals surface area contributed by atoms with Crippen molar-refractivity contribution in [2.24, 2.45) is 0 Å². The monoisotopic (exact) mass is 450 g/mol. The fraction of sp³-hybridized carbons (Fsp3) is 0.350. The number of nitrogens with zero attached hydrogens (tertiary/aromatic N) is 4. The Bertz CT molecular complexity index is 1020. The maximum absolute atomic E-state index is 14.3. The molecular weight excluding hydrogens is 431 g/mol. The summed E-state index contributed by atoms with van der Waals surface area (Å²) in [5, 5.41) is 9.16. The van der Waals surface area contributed by atoms with Crippen molar-refractivity contribution in [1.29, 1.82) is 0 Å². The highest BCUT2D eigenvalue weighted by Crippen LogP contribution is 2.41. The zero-order chi connectivity index (χ0) is 20.4. The first-order valence-electron chi connectivity index (χ1n) is 9.41. The number of carbonyl (C=O) groups is 1. The Morgan fingerprint density at radius 1 is 1.31 bits per heavy atom. The Balaban J connectivity index is 1.48. The molecule has 1 aromatic carbocycles. The van der Waals surface area contributed by atoms with Gasteiger partial charge in [-0.2, -0.15) is 0 Å². The van der Waals surface area contributed by atoms with Gasteiger partial charge < -0.3 is 4.90 Å². The molecule has 4 rings (SSSR count). The molecule has 0 unspecified atom stereocenters. The molecule has 1 aliphatic rings. The third kappa shape index (κ3) is 4.65. The van der Waals surface area contributed by atoms with Crippen LogP contribution >= 0.6 is 34.7 Å². The molecule has 0 atom stereocenters. The molecule has 0 bridgehead atoms. The lowest BCUT2D eigenvalue weighted by Crippen LogP contribution is -2.31. The maximum atomic E-state index is 14.3. The van der Waals surface area contributed by atoms with Gasteiger partial charge in [0.05, 0.1) is 22.2 Å². The van der Waals surface area contributed by atoms with Crippen molar-refractivity contribution in [3.05, 3.63) is 51.4 Å². The van der Waals surface area contributed by atoms with Gasteiger partial charge in [-0.1, -0.05) is 35.5 Å². The normalized spacial score (nSPS) is 13.6. The zero-order valence-electron chi connectivity index (χ0n) is 15.8. The van der Waals surface area contributed by atoms with Crippen molar-refractivity contribution < 1.29 is 9.18 Å². The van der Waals surface area contributed by atoms with E-state index in [4.69, 9.17) is 11.6 Å². The Hall–Kier alpha value is -1.90. The van der Waals surface area contributed by atoms with Gasteiger partial charge in [0.15, 0.2) is 11.0 Å². The van der Waals surface area contributed by atoms with Crippen molar-refractivity contribution in [1.82, 2.24) is 19.7 Å². The highest BCUT2D eigenvalue weighted by atomic mass is 35.5. The van der Waals surface area contributed by atoms with Crippen LogP contribution in [0.1, 0.15) is 30.7 Å². The number of thioether (sulfide) groups is 1. The predicted octanol–water partition coefficient (Wildman–Crippen LogP) is 5.27. The third-order valence-corrected chi connectivity index (χ3v) is 6.87. The Kier molecular flexibility index (Phi) is 6.22. The van der Waals surface area contributed by atoms with Crippen molar-refractivity contribution in [3.8, 4) is 11.4 Å². The number of amides is 1. The minimum atomic E-state index is -0.318. The number of hydrogen-bond acceptors (Lipinski definition) is 5. The van der Waals surface area contributed by atoms with Crippen LogP contribution in [-0.2, 0) is 11.3 Å². The smallest absolute Gasteiger partial charge is 0.233 e. The number of benzene rings is 1. The zero-order valence-corrected chi connectivity index (χ0v) is 18.2. The fourth-order valence-electron chi connectivity index (χ4n) is 3.08. The van der Waals surface area contributed by atoms with E-state index >= 15 is 0 Å². The van der Waals surface area contributed by atoms with Gasteiger partial charge in [0.2, 0.25) is 5.91 Å². The van der Waals surface area contributed by atoms with Gasteiger partial charge in [0, 0.05) is 17.5 Å². The summed E-state index contributed by atoms with van der Waals surface area (Å²) in [5.41, 5.74) is 0.440. The highest BCUT2D eigenvalue weighted by molar-refractivity contribution is 7.99. The number of halogens is 2. The largest absolute Gasteiger partial charge is 0.337 e. The van der Waals surface area contributed by atoms with E-state index in [9.17, 15) is 9.18 Å². The minimum Gasteiger partial charge on any atom is -0.337 e. The van der Waals surface area contributed by atoms with E-state index in [1.807, 2.05) is 23.6 Å². The molecule has 1 aliphatic carbocycles. The van der Waals surface area contributed by atoms with Gasteiger partial charge in [-0.3, -0.25) is 9.36 Å². The van der Waals surface area contributed by atoms with Crippen LogP contribution in [0.2, 0.25) is 4.34 Å². The number of hydrogen-bond donors (Lipinski definition) is 0. The summed E-state index contributed by atoms with van der Waals surface area (Å²) in [6.45, 7) is 3.12. The van der Waals surface area contributed by atoms with Crippen molar-refractivity contribution in [3.63, 3.8) is 0 Å². The maximum Gasteiger partial charge on any atom is 0.233 e. The van der Waals surface area contributed by atoms with E-state index in [1.165, 1.54) is 29.2 Å². The van der Waals surface area contributed by atoms with E-state index in [1.54, 1.807) is 23.1 Å². The predicted molar refractivity (Wildman–Crippen MR) is 115 cm³/mol. The lowest BCUT2D eigenvalue weighted by molar-refractivity contribution is -0.128. The second kappa shape index (κ2) is 8.85. The fourth-order valence-corrected chi connectivity index (χ4v) is 5.09. The van der Waals surface area contributed by atoms with E-state index in [0.717, 1.165) is 22.1 Å². The minimum absolute atomic E-state index is 0.0276. The molecule has 5 nitrogen and oxygen atoms in total. The summed E-state index contributed by atoms with van der Waals surface area (Å²) in [6.07, 6.45) is 2.03. The van der Waals surface area contributed by atoms with Crippen molar-refractivity contribution in [2.75, 3.05) is 12.3 Å². The molecule has 2 heterocycles. The molecule has 1 fully saturated rings. The lowest BCUT2D eigenvalue weighted by atomic mass is 10.2. The molecule has 1 amide bonds. The molecular formula is C20H20ClFN4OS2. The van der Waals surface area contributed by atoms with E-state index in [2.05, 4.69) is 10.2 Å². The first-order chi connectivity index (χ1) is 14.1. The van der Waals surface area contributed by atoms with Crippen LogP contribution in [0.4, 0.5) is 4.39 Å². The Morgan fingerprint density at radius 2 is 2.10 bits per heavy atom.